The molecule has 0 unspecified atom stereocenters. The highest BCUT2D eigenvalue weighted by molar-refractivity contribution is 7.13. The SMILES string of the molecule is Cc1nc(Cc2ccc(F)cc2)sc1C(=O)N1CCCC[C@@H]1C(=O)O. The molecule has 3 rings (SSSR count). The van der Waals surface area contributed by atoms with Crippen molar-refractivity contribution in [3.05, 3.63) is 51.2 Å². The molecule has 1 aliphatic heterocycles. The number of carbonyl (C=O) groups excluding carboxylic acids is 1. The zero-order valence-corrected chi connectivity index (χ0v) is 14.7. The molecule has 25 heavy (non-hydrogen) atoms. The van der Waals surface area contributed by atoms with Gasteiger partial charge in [-0.05, 0) is 43.9 Å². The predicted octanol–water partition coefficient (Wildman–Crippen LogP) is 3.26. The van der Waals surface area contributed by atoms with Crippen LogP contribution in [-0.4, -0.2) is 39.5 Å². The van der Waals surface area contributed by atoms with Crippen molar-refractivity contribution < 1.29 is 19.1 Å². The molecule has 0 spiro atoms. The summed E-state index contributed by atoms with van der Waals surface area (Å²) in [6.07, 6.45) is 2.64. The summed E-state index contributed by atoms with van der Waals surface area (Å²) in [4.78, 5) is 30.6. The van der Waals surface area contributed by atoms with Crippen LogP contribution in [0.15, 0.2) is 24.3 Å². The lowest BCUT2D eigenvalue weighted by atomic mass is 10.0. The number of halogens is 1. The Kier molecular flexibility index (Phi) is 5.13. The number of hydrogen-bond acceptors (Lipinski definition) is 4. The number of aromatic nitrogens is 1. The molecule has 1 aromatic heterocycles. The lowest BCUT2D eigenvalue weighted by molar-refractivity contribution is -0.143. The Balaban J connectivity index is 1.80. The third-order valence-electron chi connectivity index (χ3n) is 4.35. The second-order valence-electron chi connectivity index (χ2n) is 6.17. The van der Waals surface area contributed by atoms with E-state index in [0.717, 1.165) is 23.4 Å². The zero-order valence-electron chi connectivity index (χ0n) is 13.9. The quantitative estimate of drug-likeness (QED) is 0.906. The van der Waals surface area contributed by atoms with E-state index in [1.807, 2.05) is 0 Å². The normalized spacial score (nSPS) is 17.5. The highest BCUT2D eigenvalue weighted by Gasteiger charge is 2.34. The summed E-state index contributed by atoms with van der Waals surface area (Å²) in [5.74, 6) is -1.51. The van der Waals surface area contributed by atoms with Crippen molar-refractivity contribution in [2.45, 2.75) is 38.6 Å². The Labute approximate surface area is 149 Å². The summed E-state index contributed by atoms with van der Waals surface area (Å²) in [5.41, 5.74) is 1.53. The van der Waals surface area contributed by atoms with Crippen LogP contribution < -0.4 is 0 Å². The van der Waals surface area contributed by atoms with E-state index in [1.165, 1.54) is 28.4 Å². The van der Waals surface area contributed by atoms with Crippen LogP contribution in [0.1, 0.15) is 45.2 Å². The van der Waals surface area contributed by atoms with Gasteiger partial charge in [0, 0.05) is 13.0 Å². The molecule has 0 radical (unpaired) electrons. The molecule has 1 fully saturated rings. The Morgan fingerprint density at radius 3 is 2.72 bits per heavy atom. The summed E-state index contributed by atoms with van der Waals surface area (Å²) in [6.45, 7) is 2.22. The van der Waals surface area contributed by atoms with Crippen molar-refractivity contribution >= 4 is 23.2 Å². The molecular weight excluding hydrogens is 343 g/mol. The van der Waals surface area contributed by atoms with E-state index in [-0.39, 0.29) is 11.7 Å². The smallest absolute Gasteiger partial charge is 0.326 e. The summed E-state index contributed by atoms with van der Waals surface area (Å²) < 4.78 is 13.0. The molecule has 0 aliphatic carbocycles. The highest BCUT2D eigenvalue weighted by Crippen LogP contribution is 2.26. The van der Waals surface area contributed by atoms with Crippen LogP contribution >= 0.6 is 11.3 Å². The Morgan fingerprint density at radius 1 is 1.32 bits per heavy atom. The number of piperidine rings is 1. The molecule has 1 aliphatic rings. The van der Waals surface area contributed by atoms with E-state index >= 15 is 0 Å². The van der Waals surface area contributed by atoms with E-state index in [4.69, 9.17) is 0 Å². The predicted molar refractivity (Wildman–Crippen MR) is 92.4 cm³/mol. The molecule has 132 valence electrons. The van der Waals surface area contributed by atoms with E-state index in [9.17, 15) is 19.1 Å². The molecule has 0 bridgehead atoms. The van der Waals surface area contributed by atoms with Crippen LogP contribution in [0, 0.1) is 12.7 Å². The number of nitrogens with zero attached hydrogens (tertiary/aromatic N) is 2. The number of amides is 1. The van der Waals surface area contributed by atoms with Crippen LogP contribution in [0.4, 0.5) is 4.39 Å². The molecule has 7 heteroatoms. The maximum atomic E-state index is 13.0. The van der Waals surface area contributed by atoms with Crippen molar-refractivity contribution in [3.8, 4) is 0 Å². The standard InChI is InChI=1S/C18H19FN2O3S/c1-11-16(17(22)21-9-3-2-4-14(21)18(23)24)25-15(20-11)10-12-5-7-13(19)8-6-12/h5-8,14H,2-4,9-10H2,1H3,(H,23,24)/t14-/m1/s1. The van der Waals surface area contributed by atoms with Gasteiger partial charge in [0.05, 0.1) is 10.7 Å². The van der Waals surface area contributed by atoms with E-state index in [2.05, 4.69) is 4.98 Å². The van der Waals surface area contributed by atoms with Crippen molar-refractivity contribution in [2.24, 2.45) is 0 Å². The number of aliphatic carboxylic acids is 1. The number of thiazole rings is 1. The van der Waals surface area contributed by atoms with Crippen molar-refractivity contribution in [3.63, 3.8) is 0 Å². The minimum Gasteiger partial charge on any atom is -0.480 e. The molecule has 0 saturated carbocycles. The van der Waals surface area contributed by atoms with Gasteiger partial charge in [-0.1, -0.05) is 12.1 Å². The van der Waals surface area contributed by atoms with E-state index in [1.54, 1.807) is 19.1 Å². The van der Waals surface area contributed by atoms with Gasteiger partial charge in [-0.25, -0.2) is 14.2 Å². The van der Waals surface area contributed by atoms with Gasteiger partial charge in [-0.3, -0.25) is 4.79 Å². The first kappa shape index (κ1) is 17.5. The van der Waals surface area contributed by atoms with E-state index < -0.39 is 12.0 Å². The first-order chi connectivity index (χ1) is 12.0. The fourth-order valence-corrected chi connectivity index (χ4v) is 4.12. The topological polar surface area (TPSA) is 70.5 Å². The largest absolute Gasteiger partial charge is 0.480 e. The summed E-state index contributed by atoms with van der Waals surface area (Å²) >= 11 is 1.29. The molecule has 1 atom stereocenters. The van der Waals surface area contributed by atoms with Crippen LogP contribution in [0.25, 0.3) is 0 Å². The highest BCUT2D eigenvalue weighted by atomic mass is 32.1. The molecular formula is C18H19FN2O3S. The fourth-order valence-electron chi connectivity index (χ4n) is 3.07. The van der Waals surface area contributed by atoms with Crippen LogP contribution in [0.5, 0.6) is 0 Å². The summed E-state index contributed by atoms with van der Waals surface area (Å²) in [5, 5.41) is 10.1. The number of carboxylic acids is 1. The zero-order chi connectivity index (χ0) is 18.0. The minimum absolute atomic E-state index is 0.257. The van der Waals surface area contributed by atoms with Crippen LogP contribution in [-0.2, 0) is 11.2 Å². The number of likely N-dealkylation sites (tertiary alicyclic amines) is 1. The lowest BCUT2D eigenvalue weighted by Crippen LogP contribution is -2.47. The molecule has 2 aromatic rings. The number of carbonyl (C=O) groups is 2. The molecule has 1 amide bonds. The van der Waals surface area contributed by atoms with Gasteiger partial charge in [0.25, 0.3) is 5.91 Å². The summed E-state index contributed by atoms with van der Waals surface area (Å²) in [7, 11) is 0. The van der Waals surface area contributed by atoms with Gasteiger partial charge in [-0.15, -0.1) is 11.3 Å². The van der Waals surface area contributed by atoms with Crippen LogP contribution in [0.3, 0.4) is 0 Å². The number of benzene rings is 1. The number of aryl methyl sites for hydroxylation is 1. The Morgan fingerprint density at radius 2 is 2.04 bits per heavy atom. The monoisotopic (exact) mass is 362 g/mol. The van der Waals surface area contributed by atoms with Crippen molar-refractivity contribution in [1.82, 2.24) is 9.88 Å². The van der Waals surface area contributed by atoms with E-state index in [0.29, 0.717) is 30.0 Å². The second-order valence-corrected chi connectivity index (χ2v) is 7.26. The maximum Gasteiger partial charge on any atom is 0.326 e. The van der Waals surface area contributed by atoms with Gasteiger partial charge in [0.2, 0.25) is 0 Å². The Bertz CT molecular complexity index is 788. The molecule has 5 nitrogen and oxygen atoms in total. The first-order valence-corrected chi connectivity index (χ1v) is 9.02. The number of carboxylic acid groups (broad SMARTS) is 1. The van der Waals surface area contributed by atoms with Crippen LogP contribution in [0.2, 0.25) is 0 Å². The molecule has 2 heterocycles. The van der Waals surface area contributed by atoms with Crippen molar-refractivity contribution in [1.29, 1.82) is 0 Å². The molecule has 1 saturated heterocycles. The molecule has 1 aromatic carbocycles. The average Bonchev–Trinajstić information content (AvgIpc) is 2.96. The van der Waals surface area contributed by atoms with Gasteiger partial charge >= 0.3 is 5.97 Å². The third kappa shape index (κ3) is 3.87. The maximum absolute atomic E-state index is 13.0. The lowest BCUT2D eigenvalue weighted by Gasteiger charge is -2.32. The Hall–Kier alpha value is -2.28. The first-order valence-electron chi connectivity index (χ1n) is 8.20. The number of hydrogen-bond donors (Lipinski definition) is 1. The van der Waals surface area contributed by atoms with Gasteiger partial charge < -0.3 is 10.0 Å². The number of rotatable bonds is 4. The third-order valence-corrected chi connectivity index (χ3v) is 5.50. The van der Waals surface area contributed by atoms with Gasteiger partial charge in [-0.2, -0.15) is 0 Å². The molecule has 1 N–H and O–H groups in total. The van der Waals surface area contributed by atoms with Crippen molar-refractivity contribution in [2.75, 3.05) is 6.54 Å². The average molecular weight is 362 g/mol. The minimum atomic E-state index is -0.957. The van der Waals surface area contributed by atoms with Gasteiger partial charge in [0.15, 0.2) is 0 Å². The van der Waals surface area contributed by atoms with Gasteiger partial charge in [0.1, 0.15) is 16.7 Å². The summed E-state index contributed by atoms with van der Waals surface area (Å²) in [6, 6.07) is 5.42. The fraction of sp³-hybridized carbons (Fsp3) is 0.389. The second kappa shape index (κ2) is 7.31.